The first-order chi connectivity index (χ1) is 12.4. The van der Waals surface area contributed by atoms with Gasteiger partial charge in [0.05, 0.1) is 5.69 Å². The Bertz CT molecular complexity index is 850. The number of carbonyl (C=O) groups is 1. The molecule has 2 aromatic heterocycles. The van der Waals surface area contributed by atoms with E-state index >= 15 is 0 Å². The summed E-state index contributed by atoms with van der Waals surface area (Å²) in [5.41, 5.74) is 6.61. The van der Waals surface area contributed by atoms with Crippen LogP contribution in [-0.2, 0) is 12.0 Å². The number of carbonyl (C=O) groups excluding carboxylic acids is 1. The van der Waals surface area contributed by atoms with Gasteiger partial charge in [-0.15, -0.1) is 6.58 Å². The van der Waals surface area contributed by atoms with Gasteiger partial charge in [0.15, 0.2) is 0 Å². The monoisotopic (exact) mass is 354 g/mol. The van der Waals surface area contributed by atoms with Gasteiger partial charge in [-0.25, -0.2) is 9.97 Å². The molecule has 0 saturated heterocycles. The third-order valence-corrected chi connectivity index (χ3v) is 4.30. The van der Waals surface area contributed by atoms with E-state index in [2.05, 4.69) is 32.2 Å². The van der Waals surface area contributed by atoms with Crippen molar-refractivity contribution in [1.82, 2.24) is 20.3 Å². The molecule has 0 aliphatic heterocycles. The lowest BCUT2D eigenvalue weighted by Gasteiger charge is -2.30. The Morgan fingerprint density at radius 3 is 3.04 bits per heavy atom. The molecule has 1 atom stereocenters. The van der Waals surface area contributed by atoms with E-state index in [1.807, 2.05) is 6.07 Å². The summed E-state index contributed by atoms with van der Waals surface area (Å²) in [4.78, 5) is 24.8. The Labute approximate surface area is 151 Å². The second-order valence-corrected chi connectivity index (χ2v) is 6.45. The zero-order valence-electron chi connectivity index (χ0n) is 14.6. The van der Waals surface area contributed by atoms with E-state index in [-0.39, 0.29) is 23.2 Å². The Kier molecular flexibility index (Phi) is 4.85. The smallest absolute Gasteiger partial charge is 0.256 e. The van der Waals surface area contributed by atoms with E-state index < -0.39 is 5.60 Å². The number of aryl methyl sites for hydroxylation is 1. The van der Waals surface area contributed by atoms with Gasteiger partial charge in [-0.3, -0.25) is 4.79 Å². The molecule has 2 aromatic rings. The number of anilines is 3. The van der Waals surface area contributed by atoms with Crippen LogP contribution in [0.25, 0.3) is 0 Å². The minimum absolute atomic E-state index is 0.0396. The highest BCUT2D eigenvalue weighted by molar-refractivity contribution is 5.99. The number of aromatic nitrogens is 3. The summed E-state index contributed by atoms with van der Waals surface area (Å²) in [5.74, 6) is 0.416. The summed E-state index contributed by atoms with van der Waals surface area (Å²) in [6.07, 6.45) is 5.40. The molecule has 1 amide bonds. The van der Waals surface area contributed by atoms with Gasteiger partial charge in [0.1, 0.15) is 22.8 Å². The Morgan fingerprint density at radius 2 is 2.27 bits per heavy atom. The number of rotatable bonds is 5. The van der Waals surface area contributed by atoms with Crippen molar-refractivity contribution in [2.75, 3.05) is 17.6 Å². The largest absolute Gasteiger partial charge is 0.384 e. The fourth-order valence-electron chi connectivity index (χ4n) is 3.01. The van der Waals surface area contributed by atoms with Crippen LogP contribution in [0.4, 0.5) is 17.6 Å². The normalized spacial score (nSPS) is 18.7. The van der Waals surface area contributed by atoms with Gasteiger partial charge in [-0.2, -0.15) is 4.98 Å². The number of nitrogens with one attached hydrogen (secondary N) is 2. The van der Waals surface area contributed by atoms with Gasteiger partial charge in [0.25, 0.3) is 5.91 Å². The van der Waals surface area contributed by atoms with Crippen molar-refractivity contribution in [2.24, 2.45) is 0 Å². The van der Waals surface area contributed by atoms with Crippen LogP contribution in [0.2, 0.25) is 0 Å². The number of nitrogen functional groups attached to an aromatic ring is 1. The summed E-state index contributed by atoms with van der Waals surface area (Å²) in [6, 6.07) is 3.73. The standard InChI is InChI=1S/C18H22N6O2/c1-3-9-20-16(25)12-10-21-17(19)24-15(12)23-13-7-6-11-5-4-8-18(2,26)14(11)22-13/h3,6-7,10,26H,1,4-5,8-9H2,2H3,(H,20,25)(H3,19,21,22,23,24). The minimum Gasteiger partial charge on any atom is -0.384 e. The van der Waals surface area contributed by atoms with Gasteiger partial charge >= 0.3 is 0 Å². The van der Waals surface area contributed by atoms with E-state index in [1.54, 1.807) is 19.1 Å². The molecule has 0 saturated carbocycles. The third kappa shape index (κ3) is 3.65. The molecular formula is C18H22N6O2. The number of amides is 1. The fourth-order valence-corrected chi connectivity index (χ4v) is 3.01. The van der Waals surface area contributed by atoms with Crippen molar-refractivity contribution in [3.8, 4) is 0 Å². The summed E-state index contributed by atoms with van der Waals surface area (Å²) in [5, 5.41) is 16.3. The highest BCUT2D eigenvalue weighted by Gasteiger charge is 2.31. The molecule has 2 heterocycles. The van der Waals surface area contributed by atoms with E-state index in [0.717, 1.165) is 18.4 Å². The highest BCUT2D eigenvalue weighted by Crippen LogP contribution is 2.34. The first kappa shape index (κ1) is 17.8. The Morgan fingerprint density at radius 1 is 1.46 bits per heavy atom. The predicted molar refractivity (Wildman–Crippen MR) is 99.0 cm³/mol. The van der Waals surface area contributed by atoms with E-state index in [0.29, 0.717) is 24.5 Å². The van der Waals surface area contributed by atoms with E-state index in [9.17, 15) is 9.90 Å². The molecule has 1 aliphatic carbocycles. The van der Waals surface area contributed by atoms with Crippen LogP contribution < -0.4 is 16.4 Å². The molecule has 1 aliphatic rings. The molecule has 8 nitrogen and oxygen atoms in total. The Balaban J connectivity index is 1.93. The lowest BCUT2D eigenvalue weighted by molar-refractivity contribution is 0.0341. The average Bonchev–Trinajstić information content (AvgIpc) is 2.60. The van der Waals surface area contributed by atoms with Crippen LogP contribution in [0.3, 0.4) is 0 Å². The van der Waals surface area contributed by atoms with Crippen molar-refractivity contribution >= 4 is 23.5 Å². The number of aliphatic hydroxyl groups is 1. The summed E-state index contributed by atoms with van der Waals surface area (Å²) in [7, 11) is 0. The van der Waals surface area contributed by atoms with Crippen LogP contribution in [0.5, 0.6) is 0 Å². The van der Waals surface area contributed by atoms with Crippen LogP contribution >= 0.6 is 0 Å². The molecule has 0 spiro atoms. The lowest BCUT2D eigenvalue weighted by Crippen LogP contribution is -2.28. The molecule has 0 fully saturated rings. The molecule has 5 N–H and O–H groups in total. The van der Waals surface area contributed by atoms with Crippen molar-refractivity contribution in [2.45, 2.75) is 31.8 Å². The molecular weight excluding hydrogens is 332 g/mol. The van der Waals surface area contributed by atoms with Gasteiger partial charge in [-0.1, -0.05) is 12.1 Å². The van der Waals surface area contributed by atoms with Gasteiger partial charge in [-0.05, 0) is 37.8 Å². The van der Waals surface area contributed by atoms with Crippen LogP contribution in [-0.4, -0.2) is 32.5 Å². The van der Waals surface area contributed by atoms with E-state index in [4.69, 9.17) is 5.73 Å². The first-order valence-electron chi connectivity index (χ1n) is 8.42. The molecule has 1 unspecified atom stereocenters. The lowest BCUT2D eigenvalue weighted by atomic mass is 9.84. The quantitative estimate of drug-likeness (QED) is 0.602. The molecule has 26 heavy (non-hydrogen) atoms. The number of hydrogen-bond acceptors (Lipinski definition) is 7. The number of nitrogens with two attached hydrogens (primary N) is 1. The predicted octanol–water partition coefficient (Wildman–Crippen LogP) is 1.66. The second-order valence-electron chi connectivity index (χ2n) is 6.45. The van der Waals surface area contributed by atoms with E-state index in [1.165, 1.54) is 6.20 Å². The molecule has 136 valence electrons. The van der Waals surface area contributed by atoms with Crippen molar-refractivity contribution in [3.63, 3.8) is 0 Å². The molecule has 8 heteroatoms. The number of pyridine rings is 1. The summed E-state index contributed by atoms with van der Waals surface area (Å²) >= 11 is 0. The maximum absolute atomic E-state index is 12.3. The number of nitrogens with zero attached hydrogens (tertiary/aromatic N) is 3. The fraction of sp³-hybridized carbons (Fsp3) is 0.333. The SMILES string of the molecule is C=CCNC(=O)c1cnc(N)nc1Nc1ccc2c(n1)C(C)(O)CCC2. The minimum atomic E-state index is -0.972. The second kappa shape index (κ2) is 7.09. The summed E-state index contributed by atoms with van der Waals surface area (Å²) < 4.78 is 0. The van der Waals surface area contributed by atoms with Gasteiger partial charge in [0, 0.05) is 12.7 Å². The van der Waals surface area contributed by atoms with Crippen molar-refractivity contribution < 1.29 is 9.90 Å². The summed E-state index contributed by atoms with van der Waals surface area (Å²) in [6.45, 7) is 5.65. The highest BCUT2D eigenvalue weighted by atomic mass is 16.3. The maximum atomic E-state index is 12.3. The Hall–Kier alpha value is -3.00. The number of hydrogen-bond donors (Lipinski definition) is 4. The third-order valence-electron chi connectivity index (χ3n) is 4.30. The molecule has 0 radical (unpaired) electrons. The maximum Gasteiger partial charge on any atom is 0.256 e. The van der Waals surface area contributed by atoms with Crippen LogP contribution in [0.15, 0.2) is 31.0 Å². The molecule has 0 aromatic carbocycles. The average molecular weight is 354 g/mol. The van der Waals surface area contributed by atoms with Gasteiger partial charge in [0.2, 0.25) is 5.95 Å². The van der Waals surface area contributed by atoms with Crippen LogP contribution in [0, 0.1) is 0 Å². The van der Waals surface area contributed by atoms with Crippen molar-refractivity contribution in [3.05, 3.63) is 47.8 Å². The molecule has 3 rings (SSSR count). The molecule has 0 bridgehead atoms. The zero-order valence-corrected chi connectivity index (χ0v) is 14.6. The van der Waals surface area contributed by atoms with Crippen molar-refractivity contribution in [1.29, 1.82) is 0 Å². The topological polar surface area (TPSA) is 126 Å². The van der Waals surface area contributed by atoms with Gasteiger partial charge < -0.3 is 21.5 Å². The zero-order chi connectivity index (χ0) is 18.7. The first-order valence-corrected chi connectivity index (χ1v) is 8.42. The van der Waals surface area contributed by atoms with Crippen LogP contribution in [0.1, 0.15) is 41.4 Å². The number of fused-ring (bicyclic) bond motifs is 1.